The van der Waals surface area contributed by atoms with Gasteiger partial charge in [-0.15, -0.1) is 0 Å². The lowest BCUT2D eigenvalue weighted by Gasteiger charge is -2.52. The Kier molecular flexibility index (Phi) is 5.68. The molecule has 7 nitrogen and oxygen atoms in total. The second kappa shape index (κ2) is 7.95. The maximum absolute atomic E-state index is 12.0. The number of rotatable bonds is 4. The van der Waals surface area contributed by atoms with Crippen molar-refractivity contribution in [3.63, 3.8) is 0 Å². The first-order valence-electron chi connectivity index (χ1n) is 10.3. The van der Waals surface area contributed by atoms with Crippen molar-refractivity contribution in [2.24, 2.45) is 0 Å². The molecule has 0 bridgehead atoms. The highest BCUT2D eigenvalue weighted by Gasteiger charge is 2.50. The van der Waals surface area contributed by atoms with Crippen LogP contribution in [0.2, 0.25) is 5.02 Å². The number of piperidine rings is 1. The Balaban J connectivity index is 1.39. The normalized spacial score (nSPS) is 28.5. The number of aliphatic hydroxyl groups excluding tert-OH is 1. The second-order valence-corrected chi connectivity index (χ2v) is 8.99. The van der Waals surface area contributed by atoms with Gasteiger partial charge in [-0.2, -0.15) is 0 Å². The van der Waals surface area contributed by atoms with Crippen molar-refractivity contribution in [1.29, 1.82) is 0 Å². The number of fused-ring (bicyclic) bond motifs is 1. The van der Waals surface area contributed by atoms with Crippen LogP contribution in [0.15, 0.2) is 12.1 Å². The summed E-state index contributed by atoms with van der Waals surface area (Å²) in [4.78, 5) is 14.3. The molecule has 0 aromatic heterocycles. The molecule has 1 aromatic carbocycles. The van der Waals surface area contributed by atoms with E-state index in [0.717, 1.165) is 43.8 Å². The average Bonchev–Trinajstić information content (AvgIpc) is 3.14. The van der Waals surface area contributed by atoms with Gasteiger partial charge >= 0.3 is 0 Å². The monoisotopic (exact) mass is 424 g/mol. The molecule has 2 atom stereocenters. The summed E-state index contributed by atoms with van der Waals surface area (Å²) in [6.45, 7) is 6.68. The summed E-state index contributed by atoms with van der Waals surface area (Å²) in [6, 6.07) is 3.78. The summed E-state index contributed by atoms with van der Waals surface area (Å²) in [6.07, 6.45) is 2.01. The molecule has 29 heavy (non-hydrogen) atoms. The quantitative estimate of drug-likeness (QED) is 0.772. The topological polar surface area (TPSA) is 80.3 Å². The minimum absolute atomic E-state index is 0.0431. The third-order valence-electron chi connectivity index (χ3n) is 6.42. The third-order valence-corrected chi connectivity index (χ3v) is 6.77. The minimum atomic E-state index is -0.700. The van der Waals surface area contributed by atoms with E-state index in [-0.39, 0.29) is 24.9 Å². The minimum Gasteiger partial charge on any atom is -0.454 e. The Morgan fingerprint density at radius 2 is 2.00 bits per heavy atom. The molecule has 0 unspecified atom stereocenters. The number of carbonyl (C=O) groups is 1. The van der Waals surface area contributed by atoms with Gasteiger partial charge in [-0.05, 0) is 31.4 Å². The summed E-state index contributed by atoms with van der Waals surface area (Å²) >= 11 is 6.43. The van der Waals surface area contributed by atoms with Gasteiger partial charge in [0.1, 0.15) is 6.10 Å². The summed E-state index contributed by atoms with van der Waals surface area (Å²) < 4.78 is 17.0. The van der Waals surface area contributed by atoms with E-state index in [1.807, 2.05) is 26.0 Å². The van der Waals surface area contributed by atoms with Crippen molar-refractivity contribution in [1.82, 2.24) is 10.2 Å². The van der Waals surface area contributed by atoms with Gasteiger partial charge in [-0.3, -0.25) is 9.69 Å². The van der Waals surface area contributed by atoms with E-state index in [4.69, 9.17) is 25.8 Å². The zero-order valence-corrected chi connectivity index (χ0v) is 17.8. The maximum atomic E-state index is 12.0. The first-order chi connectivity index (χ1) is 13.8. The predicted octanol–water partition coefficient (Wildman–Crippen LogP) is 2.47. The van der Waals surface area contributed by atoms with Crippen molar-refractivity contribution >= 4 is 17.5 Å². The number of carbonyl (C=O) groups excluding carboxylic acids is 1. The molecule has 1 aromatic rings. The van der Waals surface area contributed by atoms with Gasteiger partial charge in [-0.1, -0.05) is 18.5 Å². The fraction of sp³-hybridized carbons (Fsp3) is 0.667. The molecule has 3 aliphatic heterocycles. The molecule has 0 aliphatic carbocycles. The number of aliphatic hydroxyl groups is 1. The SMILES string of the molecule is CCC(=O)N[C@@]1(C)CC2(CCN(Cc3cc4c(cc3Cl)OCO4)CC2)OC[C@@H]1O. The van der Waals surface area contributed by atoms with E-state index in [1.165, 1.54) is 0 Å². The smallest absolute Gasteiger partial charge is 0.231 e. The van der Waals surface area contributed by atoms with Gasteiger partial charge in [0, 0.05) is 43.6 Å². The molecule has 0 saturated carbocycles. The zero-order chi connectivity index (χ0) is 20.6. The van der Waals surface area contributed by atoms with E-state index in [1.54, 1.807) is 0 Å². The zero-order valence-electron chi connectivity index (χ0n) is 17.0. The van der Waals surface area contributed by atoms with Crippen LogP contribution in [0, 0.1) is 0 Å². The number of benzene rings is 1. The summed E-state index contributed by atoms with van der Waals surface area (Å²) in [7, 11) is 0. The molecule has 1 amide bonds. The number of hydrogen-bond acceptors (Lipinski definition) is 6. The van der Waals surface area contributed by atoms with Crippen LogP contribution in [-0.4, -0.2) is 59.6 Å². The van der Waals surface area contributed by atoms with Crippen LogP contribution in [-0.2, 0) is 16.1 Å². The first kappa shape index (κ1) is 20.7. The molecule has 0 radical (unpaired) electrons. The Hall–Kier alpha value is -1.54. The molecule has 1 spiro atoms. The maximum Gasteiger partial charge on any atom is 0.231 e. The summed E-state index contributed by atoms with van der Waals surface area (Å²) in [5, 5.41) is 14.2. The molecule has 3 aliphatic rings. The van der Waals surface area contributed by atoms with E-state index in [2.05, 4.69) is 10.2 Å². The van der Waals surface area contributed by atoms with Gasteiger partial charge in [-0.25, -0.2) is 0 Å². The van der Waals surface area contributed by atoms with Gasteiger partial charge in [0.15, 0.2) is 11.5 Å². The Bertz CT molecular complexity index is 781. The number of ether oxygens (including phenoxy) is 3. The molecule has 160 valence electrons. The first-order valence-corrected chi connectivity index (χ1v) is 10.6. The number of nitrogens with zero attached hydrogens (tertiary/aromatic N) is 1. The van der Waals surface area contributed by atoms with E-state index >= 15 is 0 Å². The molecule has 4 rings (SSSR count). The van der Waals surface area contributed by atoms with Crippen LogP contribution in [0.4, 0.5) is 0 Å². The summed E-state index contributed by atoms with van der Waals surface area (Å²) in [5.41, 5.74) is 0.0464. The van der Waals surface area contributed by atoms with Crippen molar-refractivity contribution in [2.45, 2.75) is 63.3 Å². The van der Waals surface area contributed by atoms with Crippen molar-refractivity contribution in [3.8, 4) is 11.5 Å². The van der Waals surface area contributed by atoms with E-state index < -0.39 is 11.6 Å². The fourth-order valence-electron chi connectivity index (χ4n) is 4.57. The van der Waals surface area contributed by atoms with Crippen LogP contribution in [0.25, 0.3) is 0 Å². The van der Waals surface area contributed by atoms with Crippen LogP contribution >= 0.6 is 11.6 Å². The van der Waals surface area contributed by atoms with Gasteiger partial charge in [0.25, 0.3) is 0 Å². The predicted molar refractivity (Wildman–Crippen MR) is 108 cm³/mol. The Labute approximate surface area is 176 Å². The molecule has 3 heterocycles. The van der Waals surface area contributed by atoms with E-state index in [9.17, 15) is 9.90 Å². The molecular formula is C21H29ClN2O5. The highest BCUT2D eigenvalue weighted by molar-refractivity contribution is 6.31. The van der Waals surface area contributed by atoms with Crippen LogP contribution in [0.5, 0.6) is 11.5 Å². The van der Waals surface area contributed by atoms with Gasteiger partial charge < -0.3 is 24.6 Å². The van der Waals surface area contributed by atoms with E-state index in [0.29, 0.717) is 23.6 Å². The second-order valence-electron chi connectivity index (χ2n) is 8.58. The number of hydrogen-bond donors (Lipinski definition) is 2. The number of likely N-dealkylation sites (tertiary alicyclic amines) is 1. The molecule has 2 saturated heterocycles. The Morgan fingerprint density at radius 1 is 1.31 bits per heavy atom. The average molecular weight is 425 g/mol. The van der Waals surface area contributed by atoms with Crippen molar-refractivity contribution in [2.75, 3.05) is 26.5 Å². The lowest BCUT2D eigenvalue weighted by Crippen LogP contribution is -2.65. The highest BCUT2D eigenvalue weighted by atomic mass is 35.5. The van der Waals surface area contributed by atoms with Gasteiger partial charge in [0.2, 0.25) is 12.7 Å². The third kappa shape index (κ3) is 4.19. The fourth-order valence-corrected chi connectivity index (χ4v) is 4.79. The summed E-state index contributed by atoms with van der Waals surface area (Å²) in [5.74, 6) is 1.39. The van der Waals surface area contributed by atoms with Gasteiger partial charge in [0.05, 0.1) is 17.7 Å². The van der Waals surface area contributed by atoms with Crippen LogP contribution in [0.1, 0.15) is 45.1 Å². The molecular weight excluding hydrogens is 396 g/mol. The van der Waals surface area contributed by atoms with Crippen LogP contribution in [0.3, 0.4) is 0 Å². The van der Waals surface area contributed by atoms with Crippen LogP contribution < -0.4 is 14.8 Å². The molecule has 2 fully saturated rings. The lowest BCUT2D eigenvalue weighted by molar-refractivity contribution is -0.181. The van der Waals surface area contributed by atoms with Crippen molar-refractivity contribution < 1.29 is 24.1 Å². The highest BCUT2D eigenvalue weighted by Crippen LogP contribution is 2.41. The lowest BCUT2D eigenvalue weighted by atomic mass is 9.74. The number of halogens is 1. The Morgan fingerprint density at radius 3 is 2.69 bits per heavy atom. The number of amides is 1. The number of nitrogens with one attached hydrogen (secondary N) is 1. The van der Waals surface area contributed by atoms with Crippen molar-refractivity contribution in [3.05, 3.63) is 22.7 Å². The molecule has 2 N–H and O–H groups in total. The largest absolute Gasteiger partial charge is 0.454 e. The standard InChI is InChI=1S/C21H29ClN2O5/c1-3-19(26)23-20(2)12-21(29-11-18(20)25)4-6-24(7-5-21)10-14-8-16-17(9-15(14)22)28-13-27-16/h8-9,18,25H,3-7,10-13H2,1-2H3,(H,23,26)/t18-,20-/m0/s1. The molecule has 8 heteroatoms.